The number of nitrogens with zero attached hydrogens (tertiary/aromatic N) is 1. The molecule has 110 valence electrons. The normalized spacial score (nSPS) is 10.4. The van der Waals surface area contributed by atoms with E-state index in [-0.39, 0.29) is 11.4 Å². The molecule has 0 aliphatic heterocycles. The van der Waals surface area contributed by atoms with Crippen LogP contribution < -0.4 is 4.74 Å². The average Bonchev–Trinajstić information content (AvgIpc) is 2.48. The average molecular weight is 306 g/mol. The van der Waals surface area contributed by atoms with Gasteiger partial charge < -0.3 is 9.84 Å². The molecule has 21 heavy (non-hydrogen) atoms. The van der Waals surface area contributed by atoms with Crippen LogP contribution in [-0.4, -0.2) is 16.1 Å². The van der Waals surface area contributed by atoms with Crippen molar-refractivity contribution in [2.75, 3.05) is 0 Å². The van der Waals surface area contributed by atoms with Gasteiger partial charge in [-0.15, -0.1) is 0 Å². The summed E-state index contributed by atoms with van der Waals surface area (Å²) in [5, 5.41) is 9.80. The predicted molar refractivity (Wildman–Crippen MR) is 81.5 cm³/mol. The first-order valence-electron chi connectivity index (χ1n) is 6.74. The van der Waals surface area contributed by atoms with Crippen LogP contribution in [0.1, 0.15) is 35.5 Å². The number of carboxylic acids is 1. The first-order valence-corrected chi connectivity index (χ1v) is 7.11. The first-order chi connectivity index (χ1) is 10.0. The van der Waals surface area contributed by atoms with E-state index in [0.29, 0.717) is 22.9 Å². The fourth-order valence-electron chi connectivity index (χ4n) is 1.92. The molecule has 0 aliphatic carbocycles. The molecular formula is C16H16ClNO3. The third-order valence-corrected chi connectivity index (χ3v) is 3.45. The van der Waals surface area contributed by atoms with Gasteiger partial charge in [-0.2, -0.15) is 0 Å². The lowest BCUT2D eigenvalue weighted by atomic mass is 10.1. The van der Waals surface area contributed by atoms with Gasteiger partial charge >= 0.3 is 5.97 Å². The Kier molecular flexibility index (Phi) is 4.81. The van der Waals surface area contributed by atoms with Gasteiger partial charge in [0.05, 0.1) is 5.56 Å². The molecule has 4 nitrogen and oxygen atoms in total. The Morgan fingerprint density at radius 1 is 1.24 bits per heavy atom. The van der Waals surface area contributed by atoms with Crippen molar-refractivity contribution >= 4 is 17.6 Å². The molecule has 0 unspecified atom stereocenters. The molecule has 0 spiro atoms. The highest BCUT2D eigenvalue weighted by Gasteiger charge is 2.10. The second-order valence-electron chi connectivity index (χ2n) is 4.55. The number of halogens is 1. The lowest BCUT2D eigenvalue weighted by molar-refractivity contribution is 0.0696. The van der Waals surface area contributed by atoms with Crippen LogP contribution >= 0.6 is 11.6 Å². The van der Waals surface area contributed by atoms with Gasteiger partial charge in [-0.3, -0.25) is 0 Å². The lowest BCUT2D eigenvalue weighted by Gasteiger charge is -2.09. The predicted octanol–water partition coefficient (Wildman–Crippen LogP) is 4.35. The van der Waals surface area contributed by atoms with Crippen LogP contribution in [-0.2, 0) is 12.8 Å². The van der Waals surface area contributed by atoms with Gasteiger partial charge in [0.1, 0.15) is 5.75 Å². The van der Waals surface area contributed by atoms with Crippen molar-refractivity contribution in [3.8, 4) is 11.6 Å². The van der Waals surface area contributed by atoms with E-state index < -0.39 is 5.97 Å². The Hall–Kier alpha value is -2.07. The number of rotatable bonds is 5. The zero-order valence-corrected chi connectivity index (χ0v) is 12.6. The van der Waals surface area contributed by atoms with E-state index in [1.165, 1.54) is 6.07 Å². The maximum absolute atomic E-state index is 11.1. The maximum Gasteiger partial charge on any atom is 0.335 e. The number of aryl methyl sites for hydroxylation is 2. The number of carbonyl (C=O) groups is 1. The lowest BCUT2D eigenvalue weighted by Crippen LogP contribution is -2.01. The van der Waals surface area contributed by atoms with Crippen LogP contribution in [0, 0.1) is 0 Å². The van der Waals surface area contributed by atoms with Crippen molar-refractivity contribution in [2.45, 2.75) is 26.7 Å². The number of aromatic carboxylic acids is 1. The van der Waals surface area contributed by atoms with Crippen molar-refractivity contribution in [1.82, 2.24) is 4.98 Å². The smallest absolute Gasteiger partial charge is 0.335 e. The molecule has 0 radical (unpaired) electrons. The van der Waals surface area contributed by atoms with Gasteiger partial charge in [0.15, 0.2) is 0 Å². The Morgan fingerprint density at radius 3 is 2.62 bits per heavy atom. The molecule has 0 atom stereocenters. The third-order valence-electron chi connectivity index (χ3n) is 3.08. The van der Waals surface area contributed by atoms with Crippen LogP contribution in [0.4, 0.5) is 0 Å². The number of hydrogen-bond acceptors (Lipinski definition) is 3. The van der Waals surface area contributed by atoms with E-state index in [2.05, 4.69) is 4.98 Å². The minimum Gasteiger partial charge on any atom is -0.478 e. The third kappa shape index (κ3) is 3.73. The van der Waals surface area contributed by atoms with E-state index >= 15 is 0 Å². The molecule has 2 aromatic rings. The molecule has 1 aromatic carbocycles. The number of pyridine rings is 1. The summed E-state index contributed by atoms with van der Waals surface area (Å²) in [6, 6.07) is 8.30. The van der Waals surface area contributed by atoms with E-state index in [1.54, 1.807) is 18.2 Å². The molecule has 0 amide bonds. The largest absolute Gasteiger partial charge is 0.478 e. The highest BCUT2D eigenvalue weighted by atomic mass is 35.5. The van der Waals surface area contributed by atoms with Crippen LogP contribution in [0.3, 0.4) is 0 Å². The summed E-state index contributed by atoms with van der Waals surface area (Å²) in [6.07, 6.45) is 1.43. The van der Waals surface area contributed by atoms with Crippen molar-refractivity contribution in [2.24, 2.45) is 0 Å². The molecule has 1 heterocycles. The van der Waals surface area contributed by atoms with Crippen LogP contribution in [0.25, 0.3) is 0 Å². The Morgan fingerprint density at radius 2 is 2.00 bits per heavy atom. The van der Waals surface area contributed by atoms with Crippen LogP contribution in [0.15, 0.2) is 30.3 Å². The number of hydrogen-bond donors (Lipinski definition) is 1. The summed E-state index contributed by atoms with van der Waals surface area (Å²) in [5.74, 6) is -0.133. The molecule has 0 bridgehead atoms. The van der Waals surface area contributed by atoms with Gasteiger partial charge in [-0.1, -0.05) is 25.4 Å². The molecule has 1 N–H and O–H groups in total. The Bertz CT molecular complexity index is 671. The number of aromatic nitrogens is 1. The van der Waals surface area contributed by atoms with E-state index in [1.807, 2.05) is 19.9 Å². The first kappa shape index (κ1) is 15.3. The quantitative estimate of drug-likeness (QED) is 0.892. The standard InChI is InChI=1S/C16H16ClNO3/c1-3-10-8-13(5-6-14(10)17)21-15-9-11(16(19)20)7-12(4-2)18-15/h5-9H,3-4H2,1-2H3,(H,19,20). The minimum absolute atomic E-state index is 0.168. The van der Waals surface area contributed by atoms with Gasteiger partial charge in [0, 0.05) is 16.8 Å². The second-order valence-corrected chi connectivity index (χ2v) is 4.96. The topological polar surface area (TPSA) is 59.4 Å². The summed E-state index contributed by atoms with van der Waals surface area (Å²) in [5.41, 5.74) is 1.82. The minimum atomic E-state index is -0.998. The molecule has 0 aliphatic rings. The van der Waals surface area contributed by atoms with E-state index in [0.717, 1.165) is 12.0 Å². The van der Waals surface area contributed by atoms with Gasteiger partial charge in [0.25, 0.3) is 0 Å². The summed E-state index contributed by atoms with van der Waals surface area (Å²) in [4.78, 5) is 15.4. The summed E-state index contributed by atoms with van der Waals surface area (Å²) < 4.78 is 5.68. The molecule has 0 saturated heterocycles. The molecule has 0 saturated carbocycles. The van der Waals surface area contributed by atoms with Crippen molar-refractivity contribution in [1.29, 1.82) is 0 Å². The molecule has 0 fully saturated rings. The van der Waals surface area contributed by atoms with Gasteiger partial charge in [-0.05, 0) is 42.7 Å². The molecule has 2 rings (SSSR count). The Labute approximate surface area is 128 Å². The van der Waals surface area contributed by atoms with E-state index in [4.69, 9.17) is 21.4 Å². The van der Waals surface area contributed by atoms with Crippen LogP contribution in [0.2, 0.25) is 5.02 Å². The number of ether oxygens (including phenoxy) is 1. The fraction of sp³-hybridized carbons (Fsp3) is 0.250. The zero-order chi connectivity index (χ0) is 15.4. The second kappa shape index (κ2) is 6.59. The number of carboxylic acid groups (broad SMARTS) is 1. The highest BCUT2D eigenvalue weighted by Crippen LogP contribution is 2.26. The van der Waals surface area contributed by atoms with Crippen molar-refractivity contribution < 1.29 is 14.6 Å². The maximum atomic E-state index is 11.1. The summed E-state index contributed by atoms with van der Waals surface area (Å²) in [7, 11) is 0. The van der Waals surface area contributed by atoms with E-state index in [9.17, 15) is 4.79 Å². The summed E-state index contributed by atoms with van der Waals surface area (Å²) >= 11 is 6.06. The number of benzene rings is 1. The van der Waals surface area contributed by atoms with Gasteiger partial charge in [-0.25, -0.2) is 9.78 Å². The zero-order valence-electron chi connectivity index (χ0n) is 11.9. The molecule has 5 heteroatoms. The summed E-state index contributed by atoms with van der Waals surface area (Å²) in [6.45, 7) is 3.92. The van der Waals surface area contributed by atoms with Crippen molar-refractivity contribution in [3.05, 3.63) is 52.2 Å². The van der Waals surface area contributed by atoms with Gasteiger partial charge in [0.2, 0.25) is 5.88 Å². The van der Waals surface area contributed by atoms with Crippen LogP contribution in [0.5, 0.6) is 11.6 Å². The fourth-order valence-corrected chi connectivity index (χ4v) is 2.17. The SMILES string of the molecule is CCc1cc(C(=O)O)cc(Oc2ccc(Cl)c(CC)c2)n1. The molecule has 1 aromatic heterocycles. The highest BCUT2D eigenvalue weighted by molar-refractivity contribution is 6.31. The van der Waals surface area contributed by atoms with Crippen molar-refractivity contribution in [3.63, 3.8) is 0 Å². The Balaban J connectivity index is 2.34. The molecular weight excluding hydrogens is 290 g/mol. The monoisotopic (exact) mass is 305 g/mol.